The van der Waals surface area contributed by atoms with Gasteiger partial charge in [0.15, 0.2) is 12.4 Å². The van der Waals surface area contributed by atoms with Crippen LogP contribution in [0.3, 0.4) is 0 Å². The maximum atomic E-state index is 12.8. The number of anilines is 2. The Bertz CT molecular complexity index is 1180. The molecule has 0 aliphatic rings. The lowest BCUT2D eigenvalue weighted by atomic mass is 10.0. The quantitative estimate of drug-likeness (QED) is 0.412. The molecular formula is C24H22N2O5S. The number of carbonyl (C=O) groups excluding carboxylic acids is 4. The van der Waals surface area contributed by atoms with E-state index in [4.69, 9.17) is 4.74 Å². The second-order valence-electron chi connectivity index (χ2n) is 7.03. The number of ether oxygens (including phenoxy) is 1. The lowest BCUT2D eigenvalue weighted by molar-refractivity contribution is -0.119. The monoisotopic (exact) mass is 450 g/mol. The first-order valence-corrected chi connectivity index (χ1v) is 10.6. The second kappa shape index (κ2) is 10.0. The van der Waals surface area contributed by atoms with Gasteiger partial charge in [-0.1, -0.05) is 42.5 Å². The maximum Gasteiger partial charge on any atom is 0.341 e. The van der Waals surface area contributed by atoms with Crippen LogP contribution in [-0.4, -0.2) is 30.2 Å². The third kappa shape index (κ3) is 5.28. The maximum absolute atomic E-state index is 12.8. The van der Waals surface area contributed by atoms with Crippen molar-refractivity contribution in [1.82, 2.24) is 0 Å². The molecule has 164 valence electrons. The molecule has 1 aromatic heterocycles. The fourth-order valence-corrected chi connectivity index (χ4v) is 4.14. The summed E-state index contributed by atoms with van der Waals surface area (Å²) >= 11 is 1.27. The van der Waals surface area contributed by atoms with E-state index in [1.165, 1.54) is 18.3 Å². The summed E-state index contributed by atoms with van der Waals surface area (Å²) in [7, 11) is 0. The summed E-state index contributed by atoms with van der Waals surface area (Å²) in [6, 6.07) is 15.4. The van der Waals surface area contributed by atoms with Crippen molar-refractivity contribution in [2.24, 2.45) is 0 Å². The summed E-state index contributed by atoms with van der Waals surface area (Å²) in [6.07, 6.45) is 0. The van der Waals surface area contributed by atoms with Crippen molar-refractivity contribution in [2.75, 3.05) is 17.2 Å². The Morgan fingerprint density at radius 1 is 0.906 bits per heavy atom. The Hall–Kier alpha value is -3.78. The van der Waals surface area contributed by atoms with Crippen LogP contribution in [0.2, 0.25) is 0 Å². The molecule has 0 bridgehead atoms. The van der Waals surface area contributed by atoms with E-state index in [-0.39, 0.29) is 17.3 Å². The Balaban J connectivity index is 1.70. The predicted molar refractivity (Wildman–Crippen MR) is 123 cm³/mol. The fraction of sp³-hybridized carbons (Fsp3) is 0.167. The minimum Gasteiger partial charge on any atom is -0.452 e. The number of esters is 1. The molecule has 3 rings (SSSR count). The highest BCUT2D eigenvalue weighted by atomic mass is 32.1. The van der Waals surface area contributed by atoms with Crippen LogP contribution in [0.4, 0.5) is 10.7 Å². The number of aryl methyl sites for hydroxylation is 1. The fourth-order valence-electron chi connectivity index (χ4n) is 3.05. The van der Waals surface area contributed by atoms with Gasteiger partial charge in [0.05, 0.1) is 11.3 Å². The summed E-state index contributed by atoms with van der Waals surface area (Å²) in [5.74, 6) is -1.84. The number of rotatable bonds is 7. The van der Waals surface area contributed by atoms with Crippen LogP contribution in [0.15, 0.2) is 54.6 Å². The van der Waals surface area contributed by atoms with E-state index in [9.17, 15) is 19.2 Å². The van der Waals surface area contributed by atoms with E-state index >= 15 is 0 Å². The molecule has 0 saturated carbocycles. The summed E-state index contributed by atoms with van der Waals surface area (Å²) in [5, 5.41) is 5.64. The standard InChI is InChI=1S/C24H22N2O5S/c1-14-15(2)32-23(25-16(3)27)21(14)24(30)31-13-20(28)26-19-12-8-7-11-18(19)22(29)17-9-5-4-6-10-17/h4-12H,13H2,1-3H3,(H,25,27)(H,26,28). The molecule has 3 aromatic rings. The number of ketones is 1. The van der Waals surface area contributed by atoms with Crippen LogP contribution in [0.1, 0.15) is 43.6 Å². The number of hydrogen-bond acceptors (Lipinski definition) is 6. The van der Waals surface area contributed by atoms with Crippen LogP contribution in [0, 0.1) is 13.8 Å². The van der Waals surface area contributed by atoms with Gasteiger partial charge in [0.2, 0.25) is 5.91 Å². The molecule has 0 fully saturated rings. The molecule has 2 N–H and O–H groups in total. The molecular weight excluding hydrogens is 428 g/mol. The molecule has 0 aliphatic heterocycles. The van der Waals surface area contributed by atoms with Gasteiger partial charge >= 0.3 is 5.97 Å². The van der Waals surface area contributed by atoms with Crippen LogP contribution in [-0.2, 0) is 14.3 Å². The van der Waals surface area contributed by atoms with Crippen molar-refractivity contribution in [3.05, 3.63) is 81.7 Å². The zero-order chi connectivity index (χ0) is 23.3. The van der Waals surface area contributed by atoms with Gasteiger partial charge in [-0.05, 0) is 31.5 Å². The number of carbonyl (C=O) groups is 4. The first kappa shape index (κ1) is 22.9. The normalized spacial score (nSPS) is 10.3. The predicted octanol–water partition coefficient (Wildman–Crippen LogP) is 4.35. The molecule has 0 saturated heterocycles. The first-order valence-electron chi connectivity index (χ1n) is 9.81. The summed E-state index contributed by atoms with van der Waals surface area (Å²) < 4.78 is 5.18. The topological polar surface area (TPSA) is 102 Å². The Morgan fingerprint density at radius 2 is 1.56 bits per heavy atom. The Kier molecular flexibility index (Phi) is 7.17. The second-order valence-corrected chi connectivity index (χ2v) is 8.26. The van der Waals surface area contributed by atoms with Crippen molar-refractivity contribution in [3.8, 4) is 0 Å². The molecule has 2 aromatic carbocycles. The Morgan fingerprint density at radius 3 is 2.25 bits per heavy atom. The molecule has 1 heterocycles. The van der Waals surface area contributed by atoms with Crippen LogP contribution in [0.25, 0.3) is 0 Å². The van der Waals surface area contributed by atoms with E-state index in [1.807, 2.05) is 13.0 Å². The first-order chi connectivity index (χ1) is 15.3. The minimum absolute atomic E-state index is 0.232. The van der Waals surface area contributed by atoms with E-state index in [1.54, 1.807) is 55.5 Å². The zero-order valence-electron chi connectivity index (χ0n) is 17.9. The van der Waals surface area contributed by atoms with Gasteiger partial charge in [-0.2, -0.15) is 0 Å². The third-order valence-corrected chi connectivity index (χ3v) is 5.82. The van der Waals surface area contributed by atoms with Crippen molar-refractivity contribution in [3.63, 3.8) is 0 Å². The Labute approximate surface area is 189 Å². The molecule has 8 heteroatoms. The summed E-state index contributed by atoms with van der Waals surface area (Å²) in [5.41, 5.74) is 2.06. The van der Waals surface area contributed by atoms with Crippen LogP contribution in [0.5, 0.6) is 0 Å². The summed E-state index contributed by atoms with van der Waals surface area (Å²) in [6.45, 7) is 4.39. The van der Waals surface area contributed by atoms with Gasteiger partial charge in [-0.15, -0.1) is 11.3 Å². The highest BCUT2D eigenvalue weighted by Gasteiger charge is 2.23. The molecule has 0 aliphatic carbocycles. The lowest BCUT2D eigenvalue weighted by Gasteiger charge is -2.11. The van der Waals surface area contributed by atoms with Crippen molar-refractivity contribution < 1.29 is 23.9 Å². The SMILES string of the molecule is CC(=O)Nc1sc(C)c(C)c1C(=O)OCC(=O)Nc1ccccc1C(=O)c1ccccc1. The molecule has 7 nitrogen and oxygen atoms in total. The van der Waals surface area contributed by atoms with Crippen LogP contribution >= 0.6 is 11.3 Å². The summed E-state index contributed by atoms with van der Waals surface area (Å²) in [4.78, 5) is 50.1. The zero-order valence-corrected chi connectivity index (χ0v) is 18.7. The van der Waals surface area contributed by atoms with Gasteiger partial charge in [-0.25, -0.2) is 4.79 Å². The number of nitrogens with one attached hydrogen (secondary N) is 2. The molecule has 2 amide bonds. The minimum atomic E-state index is -0.709. The number of benzene rings is 2. The molecule has 0 unspecified atom stereocenters. The smallest absolute Gasteiger partial charge is 0.341 e. The van der Waals surface area contributed by atoms with Gasteiger partial charge in [0.25, 0.3) is 5.91 Å². The number of thiophene rings is 1. The van der Waals surface area contributed by atoms with E-state index < -0.39 is 18.5 Å². The van der Waals surface area contributed by atoms with Gasteiger partial charge < -0.3 is 15.4 Å². The molecule has 0 radical (unpaired) electrons. The number of para-hydroxylation sites is 1. The highest BCUT2D eigenvalue weighted by molar-refractivity contribution is 7.16. The van der Waals surface area contributed by atoms with Gasteiger partial charge in [0.1, 0.15) is 5.00 Å². The highest BCUT2D eigenvalue weighted by Crippen LogP contribution is 2.33. The van der Waals surface area contributed by atoms with Gasteiger partial charge in [0, 0.05) is 22.9 Å². The largest absolute Gasteiger partial charge is 0.452 e. The number of hydrogen-bond donors (Lipinski definition) is 2. The molecule has 32 heavy (non-hydrogen) atoms. The van der Waals surface area contributed by atoms with E-state index in [0.717, 1.165) is 4.88 Å². The third-order valence-electron chi connectivity index (χ3n) is 4.70. The van der Waals surface area contributed by atoms with E-state index in [0.29, 0.717) is 27.4 Å². The molecule has 0 atom stereocenters. The van der Waals surface area contributed by atoms with Crippen molar-refractivity contribution in [1.29, 1.82) is 0 Å². The average molecular weight is 451 g/mol. The van der Waals surface area contributed by atoms with Crippen LogP contribution < -0.4 is 10.6 Å². The van der Waals surface area contributed by atoms with Crippen molar-refractivity contribution in [2.45, 2.75) is 20.8 Å². The van der Waals surface area contributed by atoms with E-state index in [2.05, 4.69) is 10.6 Å². The van der Waals surface area contributed by atoms with Gasteiger partial charge in [-0.3, -0.25) is 14.4 Å². The molecule has 0 spiro atoms. The average Bonchev–Trinajstić information content (AvgIpc) is 3.05. The van der Waals surface area contributed by atoms with Crippen molar-refractivity contribution >= 4 is 45.6 Å². The lowest BCUT2D eigenvalue weighted by Crippen LogP contribution is -2.22. The number of amides is 2.